The third kappa shape index (κ3) is 2.83. The molecule has 0 atom stereocenters. The Balaban J connectivity index is 2.44. The van der Waals surface area contributed by atoms with Crippen LogP contribution >= 0.6 is 0 Å². The number of aryl methyl sites for hydroxylation is 1. The maximum atomic E-state index is 10.4. The minimum atomic E-state index is -1.05. The normalized spacial score (nSPS) is 10.2. The van der Waals surface area contributed by atoms with E-state index in [2.05, 4.69) is 10.3 Å². The fourth-order valence-electron chi connectivity index (χ4n) is 0.924. The number of carboxylic acid groups (broad SMARTS) is 1. The van der Waals surface area contributed by atoms with Crippen LogP contribution in [0.15, 0.2) is 6.20 Å². The van der Waals surface area contributed by atoms with Gasteiger partial charge in [0.2, 0.25) is 0 Å². The zero-order valence-electron chi connectivity index (χ0n) is 7.18. The molecule has 6 nitrogen and oxygen atoms in total. The zero-order valence-corrected chi connectivity index (χ0v) is 7.18. The lowest BCUT2D eigenvalue weighted by Gasteiger charge is -1.96. The topological polar surface area (TPSA) is 94.0 Å². The van der Waals surface area contributed by atoms with E-state index in [4.69, 9.17) is 10.8 Å². The third-order valence-corrected chi connectivity index (χ3v) is 1.60. The molecule has 0 unspecified atom stereocenters. The molecule has 0 spiro atoms. The molecule has 0 aliphatic rings. The molecular formula is C7H12N4O2. The van der Waals surface area contributed by atoms with E-state index in [1.165, 1.54) is 10.9 Å². The molecule has 0 amide bonds. The minimum Gasteiger partial charge on any atom is -0.476 e. The first kappa shape index (κ1) is 9.66. The summed E-state index contributed by atoms with van der Waals surface area (Å²) in [7, 11) is 0. The summed E-state index contributed by atoms with van der Waals surface area (Å²) in [4.78, 5) is 10.4. The van der Waals surface area contributed by atoms with E-state index in [1.807, 2.05) is 0 Å². The number of unbranched alkanes of at least 4 members (excludes halogenated alkanes) is 1. The summed E-state index contributed by atoms with van der Waals surface area (Å²) in [6.45, 7) is 1.30. The van der Waals surface area contributed by atoms with E-state index in [-0.39, 0.29) is 5.69 Å². The van der Waals surface area contributed by atoms with Crippen LogP contribution in [0.4, 0.5) is 0 Å². The standard InChI is InChI=1S/C7H12N4O2/c8-3-1-2-4-11-5-6(7(12)13)9-10-11/h5H,1-4,8H2,(H,12,13). The van der Waals surface area contributed by atoms with Crippen LogP contribution in [0.1, 0.15) is 23.3 Å². The van der Waals surface area contributed by atoms with Crippen LogP contribution in [0.5, 0.6) is 0 Å². The van der Waals surface area contributed by atoms with E-state index in [0.29, 0.717) is 13.1 Å². The van der Waals surface area contributed by atoms with Gasteiger partial charge in [-0.05, 0) is 19.4 Å². The second kappa shape index (κ2) is 4.56. The zero-order chi connectivity index (χ0) is 9.68. The number of hydrogen-bond acceptors (Lipinski definition) is 4. The molecule has 0 saturated heterocycles. The average molecular weight is 184 g/mol. The molecule has 0 aromatic carbocycles. The lowest BCUT2D eigenvalue weighted by Crippen LogP contribution is -2.03. The van der Waals surface area contributed by atoms with E-state index in [0.717, 1.165) is 12.8 Å². The number of nitrogens with zero attached hydrogens (tertiary/aromatic N) is 3. The third-order valence-electron chi connectivity index (χ3n) is 1.60. The summed E-state index contributed by atoms with van der Waals surface area (Å²) in [5, 5.41) is 15.7. The first-order valence-electron chi connectivity index (χ1n) is 4.07. The first-order valence-corrected chi connectivity index (χ1v) is 4.07. The second-order valence-corrected chi connectivity index (χ2v) is 2.67. The van der Waals surface area contributed by atoms with Crippen LogP contribution in [0.2, 0.25) is 0 Å². The van der Waals surface area contributed by atoms with Crippen LogP contribution in [0.25, 0.3) is 0 Å². The Kier molecular flexibility index (Phi) is 3.39. The van der Waals surface area contributed by atoms with Gasteiger partial charge >= 0.3 is 5.97 Å². The van der Waals surface area contributed by atoms with Crippen LogP contribution < -0.4 is 5.73 Å². The molecule has 0 aliphatic carbocycles. The fourth-order valence-corrected chi connectivity index (χ4v) is 0.924. The Morgan fingerprint density at radius 1 is 1.62 bits per heavy atom. The highest BCUT2D eigenvalue weighted by atomic mass is 16.4. The smallest absolute Gasteiger partial charge is 0.358 e. The monoisotopic (exact) mass is 184 g/mol. The summed E-state index contributed by atoms with van der Waals surface area (Å²) in [6.07, 6.45) is 3.21. The van der Waals surface area contributed by atoms with Crippen LogP contribution in [0, 0.1) is 0 Å². The van der Waals surface area contributed by atoms with Crippen molar-refractivity contribution >= 4 is 5.97 Å². The molecule has 6 heteroatoms. The quantitative estimate of drug-likeness (QED) is 0.613. The van der Waals surface area contributed by atoms with Gasteiger partial charge in [-0.2, -0.15) is 0 Å². The predicted octanol–water partition coefficient (Wildman–Crippen LogP) is -0.285. The van der Waals surface area contributed by atoms with Gasteiger partial charge in [-0.25, -0.2) is 4.79 Å². The SMILES string of the molecule is NCCCCn1cc(C(=O)O)nn1. The van der Waals surface area contributed by atoms with Crippen molar-refractivity contribution < 1.29 is 9.90 Å². The van der Waals surface area contributed by atoms with Crippen LogP contribution in [0.3, 0.4) is 0 Å². The minimum absolute atomic E-state index is 0.0206. The summed E-state index contributed by atoms with van der Waals surface area (Å²) in [5.41, 5.74) is 5.29. The Morgan fingerprint density at radius 2 is 2.38 bits per heavy atom. The summed E-state index contributed by atoms with van der Waals surface area (Å²) >= 11 is 0. The van der Waals surface area contributed by atoms with Crippen molar-refractivity contribution in [1.82, 2.24) is 15.0 Å². The van der Waals surface area contributed by atoms with Crippen molar-refractivity contribution in [3.05, 3.63) is 11.9 Å². The number of aromatic carboxylic acids is 1. The Morgan fingerprint density at radius 3 is 2.92 bits per heavy atom. The molecule has 0 bridgehead atoms. The molecule has 0 fully saturated rings. The molecule has 1 rings (SSSR count). The van der Waals surface area contributed by atoms with E-state index >= 15 is 0 Å². The van der Waals surface area contributed by atoms with Gasteiger partial charge in [0.05, 0.1) is 6.20 Å². The van der Waals surface area contributed by atoms with E-state index < -0.39 is 5.97 Å². The molecule has 0 saturated carbocycles. The molecule has 72 valence electrons. The highest BCUT2D eigenvalue weighted by Gasteiger charge is 2.07. The van der Waals surface area contributed by atoms with Crippen molar-refractivity contribution in [2.45, 2.75) is 19.4 Å². The van der Waals surface area contributed by atoms with Crippen molar-refractivity contribution in [2.24, 2.45) is 5.73 Å². The van der Waals surface area contributed by atoms with E-state index in [9.17, 15) is 4.79 Å². The van der Waals surface area contributed by atoms with E-state index in [1.54, 1.807) is 0 Å². The maximum Gasteiger partial charge on any atom is 0.358 e. The largest absolute Gasteiger partial charge is 0.476 e. The lowest BCUT2D eigenvalue weighted by atomic mass is 10.3. The number of rotatable bonds is 5. The summed E-state index contributed by atoms with van der Waals surface area (Å²) in [5.74, 6) is -1.05. The van der Waals surface area contributed by atoms with Crippen molar-refractivity contribution in [1.29, 1.82) is 0 Å². The highest BCUT2D eigenvalue weighted by molar-refractivity contribution is 5.84. The Hall–Kier alpha value is -1.43. The summed E-state index contributed by atoms with van der Waals surface area (Å²) < 4.78 is 1.51. The molecule has 1 aromatic rings. The number of carbonyl (C=O) groups is 1. The van der Waals surface area contributed by atoms with Gasteiger partial charge in [0.15, 0.2) is 5.69 Å². The average Bonchev–Trinajstić information content (AvgIpc) is 2.53. The maximum absolute atomic E-state index is 10.4. The van der Waals surface area contributed by atoms with Crippen molar-refractivity contribution in [3.63, 3.8) is 0 Å². The second-order valence-electron chi connectivity index (χ2n) is 2.67. The first-order chi connectivity index (χ1) is 6.24. The molecule has 1 heterocycles. The van der Waals surface area contributed by atoms with Gasteiger partial charge in [-0.1, -0.05) is 5.21 Å². The number of nitrogens with two attached hydrogens (primary N) is 1. The van der Waals surface area contributed by atoms with Crippen LogP contribution in [-0.4, -0.2) is 32.6 Å². The molecule has 0 radical (unpaired) electrons. The highest BCUT2D eigenvalue weighted by Crippen LogP contribution is 1.95. The molecule has 1 aromatic heterocycles. The van der Waals surface area contributed by atoms with Gasteiger partial charge < -0.3 is 10.8 Å². The molecule has 13 heavy (non-hydrogen) atoms. The molecule has 0 aliphatic heterocycles. The van der Waals surface area contributed by atoms with Crippen LogP contribution in [-0.2, 0) is 6.54 Å². The van der Waals surface area contributed by atoms with Gasteiger partial charge in [0, 0.05) is 6.54 Å². The summed E-state index contributed by atoms with van der Waals surface area (Å²) in [6, 6.07) is 0. The van der Waals surface area contributed by atoms with Gasteiger partial charge in [-0.15, -0.1) is 5.10 Å². The Bertz CT molecular complexity index is 284. The predicted molar refractivity (Wildman–Crippen MR) is 45.3 cm³/mol. The fraction of sp³-hybridized carbons (Fsp3) is 0.571. The van der Waals surface area contributed by atoms with Gasteiger partial charge in [0.1, 0.15) is 0 Å². The van der Waals surface area contributed by atoms with Crippen molar-refractivity contribution in [3.8, 4) is 0 Å². The lowest BCUT2D eigenvalue weighted by molar-refractivity contribution is 0.0690. The molecule has 3 N–H and O–H groups in total. The number of carboxylic acids is 1. The molecular weight excluding hydrogens is 172 g/mol. The Labute approximate surface area is 75.3 Å². The number of aromatic nitrogens is 3. The number of hydrogen-bond donors (Lipinski definition) is 2. The van der Waals surface area contributed by atoms with Gasteiger partial charge in [0.25, 0.3) is 0 Å². The van der Waals surface area contributed by atoms with Gasteiger partial charge in [-0.3, -0.25) is 4.68 Å². The van der Waals surface area contributed by atoms with Crippen molar-refractivity contribution in [2.75, 3.05) is 6.54 Å².